The average molecular weight is 415 g/mol. The first-order valence-corrected chi connectivity index (χ1v) is 10.7. The number of carbonyl (C=O) groups is 1. The zero-order valence-corrected chi connectivity index (χ0v) is 18.1. The van der Waals surface area contributed by atoms with Gasteiger partial charge in [0.1, 0.15) is 0 Å². The van der Waals surface area contributed by atoms with Crippen LogP contribution in [0.5, 0.6) is 0 Å². The van der Waals surface area contributed by atoms with Crippen LogP contribution in [0.2, 0.25) is 0 Å². The molecule has 0 saturated carbocycles. The van der Waals surface area contributed by atoms with Crippen LogP contribution in [0.15, 0.2) is 59.2 Å². The molecule has 0 aliphatic carbocycles. The minimum absolute atomic E-state index is 0.0924. The molecule has 0 bridgehead atoms. The van der Waals surface area contributed by atoms with Crippen molar-refractivity contribution < 1.29 is 4.79 Å². The molecule has 7 nitrogen and oxygen atoms in total. The second-order valence-electron chi connectivity index (χ2n) is 8.48. The lowest BCUT2D eigenvalue weighted by Gasteiger charge is -2.31. The number of rotatable bonds is 2. The largest absolute Gasteiger partial charge is 0.306 e. The smallest absolute Gasteiger partial charge is 0.255 e. The van der Waals surface area contributed by atoms with Crippen LogP contribution in [-0.2, 0) is 4.79 Å². The van der Waals surface area contributed by atoms with Crippen LogP contribution in [0.4, 0.5) is 0 Å². The third kappa shape index (κ3) is 3.77. The summed E-state index contributed by atoms with van der Waals surface area (Å²) in [5, 5.41) is 4.68. The number of aliphatic imine (C=N–C) groups is 1. The van der Waals surface area contributed by atoms with E-state index in [4.69, 9.17) is 0 Å². The molecule has 5 heterocycles. The van der Waals surface area contributed by atoms with Gasteiger partial charge in [0.15, 0.2) is 0 Å². The Morgan fingerprint density at radius 2 is 1.97 bits per heavy atom. The predicted octanol–water partition coefficient (Wildman–Crippen LogP) is 3.28. The highest BCUT2D eigenvalue weighted by Crippen LogP contribution is 2.29. The van der Waals surface area contributed by atoms with E-state index < -0.39 is 0 Å². The standard InChI is InChI=1S/C24H26N6O/c1-16-14-30-23(17(2)26-16)12-21(27-30)19-5-4-6-20-13-25-22(15-29(20)24(31)11-19)18-7-9-28(3)10-8-18/h4-6,11-15,18H,7-10H2,1-3H3/b5-4?,19-11?,20-6+. The molecular weight excluding hydrogens is 388 g/mol. The van der Waals surface area contributed by atoms with E-state index in [1.807, 2.05) is 55.1 Å². The number of nitrogens with zero attached hydrogens (tertiary/aromatic N) is 6. The van der Waals surface area contributed by atoms with Gasteiger partial charge in [0.05, 0.1) is 46.4 Å². The Balaban J connectivity index is 1.48. The van der Waals surface area contributed by atoms with E-state index in [-0.39, 0.29) is 5.91 Å². The number of hydrogen-bond donors (Lipinski definition) is 0. The summed E-state index contributed by atoms with van der Waals surface area (Å²) in [6.45, 7) is 6.04. The first kappa shape index (κ1) is 19.6. The molecule has 3 aliphatic rings. The number of allylic oxidation sites excluding steroid dienone is 6. The molecule has 1 saturated heterocycles. The summed E-state index contributed by atoms with van der Waals surface area (Å²) in [6.07, 6.45) is 15.2. The number of carbonyl (C=O) groups excluding carboxylic acids is 1. The lowest BCUT2D eigenvalue weighted by atomic mass is 9.93. The monoisotopic (exact) mass is 414 g/mol. The maximum atomic E-state index is 13.2. The van der Waals surface area contributed by atoms with Crippen LogP contribution >= 0.6 is 0 Å². The van der Waals surface area contributed by atoms with Gasteiger partial charge >= 0.3 is 0 Å². The zero-order chi connectivity index (χ0) is 21.5. The summed E-state index contributed by atoms with van der Waals surface area (Å²) in [5.41, 5.74) is 6.06. The van der Waals surface area contributed by atoms with E-state index in [0.717, 1.165) is 65.5 Å². The molecule has 0 spiro atoms. The second kappa shape index (κ2) is 7.74. The summed E-state index contributed by atoms with van der Waals surface area (Å²) >= 11 is 0. The van der Waals surface area contributed by atoms with Crippen LogP contribution in [0.3, 0.4) is 0 Å². The fourth-order valence-corrected chi connectivity index (χ4v) is 4.36. The molecule has 7 heteroatoms. The van der Waals surface area contributed by atoms with E-state index >= 15 is 0 Å². The van der Waals surface area contributed by atoms with Crippen LogP contribution < -0.4 is 0 Å². The highest BCUT2D eigenvalue weighted by atomic mass is 16.2. The van der Waals surface area contributed by atoms with Crippen molar-refractivity contribution in [2.75, 3.05) is 20.1 Å². The van der Waals surface area contributed by atoms with Crippen LogP contribution in [-0.4, -0.2) is 56.7 Å². The van der Waals surface area contributed by atoms with Crippen molar-refractivity contribution in [3.05, 3.63) is 71.2 Å². The fraction of sp³-hybridized carbons (Fsp3) is 0.333. The Morgan fingerprint density at radius 3 is 2.77 bits per heavy atom. The third-order valence-corrected chi connectivity index (χ3v) is 6.14. The zero-order valence-electron chi connectivity index (χ0n) is 18.1. The lowest BCUT2D eigenvalue weighted by molar-refractivity contribution is -0.121. The molecule has 5 rings (SSSR count). The van der Waals surface area contributed by atoms with Crippen molar-refractivity contribution in [1.29, 1.82) is 0 Å². The fourth-order valence-electron chi connectivity index (χ4n) is 4.36. The van der Waals surface area contributed by atoms with Crippen molar-refractivity contribution in [2.45, 2.75) is 26.7 Å². The van der Waals surface area contributed by atoms with E-state index in [2.05, 4.69) is 27.0 Å². The van der Waals surface area contributed by atoms with E-state index in [0.29, 0.717) is 5.92 Å². The molecule has 31 heavy (non-hydrogen) atoms. The van der Waals surface area contributed by atoms with Gasteiger partial charge in [-0.15, -0.1) is 0 Å². The first-order chi connectivity index (χ1) is 15.0. The molecule has 0 N–H and O–H groups in total. The molecule has 0 aromatic carbocycles. The van der Waals surface area contributed by atoms with Gasteiger partial charge < -0.3 is 4.90 Å². The number of aromatic nitrogens is 3. The molecule has 1 fully saturated rings. The Labute approximate surface area is 181 Å². The molecule has 1 amide bonds. The molecule has 3 aliphatic heterocycles. The first-order valence-electron chi connectivity index (χ1n) is 10.7. The Hall–Kier alpha value is -3.32. The van der Waals surface area contributed by atoms with Gasteiger partial charge in [0.25, 0.3) is 5.91 Å². The molecule has 158 valence electrons. The highest BCUT2D eigenvalue weighted by molar-refractivity contribution is 6.02. The topological polar surface area (TPSA) is 66.1 Å². The Kier molecular flexibility index (Phi) is 4.90. The van der Waals surface area contributed by atoms with Crippen LogP contribution in [0, 0.1) is 19.8 Å². The van der Waals surface area contributed by atoms with Gasteiger partial charge in [-0.2, -0.15) is 5.10 Å². The van der Waals surface area contributed by atoms with Gasteiger partial charge in [0.2, 0.25) is 0 Å². The summed E-state index contributed by atoms with van der Waals surface area (Å²) in [6, 6.07) is 1.98. The van der Waals surface area contributed by atoms with Crippen molar-refractivity contribution >= 4 is 23.2 Å². The number of piperidine rings is 1. The van der Waals surface area contributed by atoms with Crippen LogP contribution in [0.25, 0.3) is 11.1 Å². The van der Waals surface area contributed by atoms with Gasteiger partial charge in [-0.25, -0.2) is 4.52 Å². The van der Waals surface area contributed by atoms with Crippen molar-refractivity contribution in [3.63, 3.8) is 0 Å². The average Bonchev–Trinajstić information content (AvgIpc) is 3.16. The summed E-state index contributed by atoms with van der Waals surface area (Å²) in [4.78, 5) is 26.4. The van der Waals surface area contributed by atoms with Crippen LogP contribution in [0.1, 0.15) is 29.9 Å². The normalized spacial score (nSPS) is 22.0. The Morgan fingerprint density at radius 1 is 1.16 bits per heavy atom. The van der Waals surface area contributed by atoms with Crippen molar-refractivity contribution in [2.24, 2.45) is 10.9 Å². The maximum Gasteiger partial charge on any atom is 0.255 e. The van der Waals surface area contributed by atoms with Gasteiger partial charge in [-0.1, -0.05) is 12.2 Å². The number of fused-ring (bicyclic) bond motifs is 2. The number of likely N-dealkylation sites (tertiary alicyclic amines) is 1. The highest BCUT2D eigenvalue weighted by Gasteiger charge is 2.26. The van der Waals surface area contributed by atoms with Gasteiger partial charge in [0, 0.05) is 23.8 Å². The van der Waals surface area contributed by atoms with Gasteiger partial charge in [-0.05, 0) is 59.0 Å². The third-order valence-electron chi connectivity index (χ3n) is 6.14. The minimum Gasteiger partial charge on any atom is -0.306 e. The Bertz CT molecular complexity index is 1200. The predicted molar refractivity (Wildman–Crippen MR) is 121 cm³/mol. The second-order valence-corrected chi connectivity index (χ2v) is 8.48. The molecule has 0 radical (unpaired) electrons. The van der Waals surface area contributed by atoms with E-state index in [1.54, 1.807) is 17.2 Å². The van der Waals surface area contributed by atoms with Crippen molar-refractivity contribution in [3.8, 4) is 0 Å². The van der Waals surface area contributed by atoms with Crippen molar-refractivity contribution in [1.82, 2.24) is 24.4 Å². The van der Waals surface area contributed by atoms with E-state index in [1.165, 1.54) is 0 Å². The number of hydrogen-bond acceptors (Lipinski definition) is 5. The molecule has 2 aromatic rings. The number of amides is 1. The lowest BCUT2D eigenvalue weighted by Crippen LogP contribution is -2.33. The minimum atomic E-state index is -0.0924. The summed E-state index contributed by atoms with van der Waals surface area (Å²) in [7, 11) is 2.15. The molecular formula is C24H26N6O. The van der Waals surface area contributed by atoms with Gasteiger partial charge in [-0.3, -0.25) is 19.7 Å². The summed E-state index contributed by atoms with van der Waals surface area (Å²) < 4.78 is 1.83. The molecule has 0 atom stereocenters. The quantitative estimate of drug-likeness (QED) is 0.757. The SMILES string of the molecule is Cc1cn2nc(C3=CC(=O)N4C=C(C5CCN(C)CC5)N=C/C4=C\C=C3)cc2c(C)n1. The summed E-state index contributed by atoms with van der Waals surface area (Å²) in [5.74, 6) is 0.300. The van der Waals surface area contributed by atoms with E-state index in [9.17, 15) is 4.79 Å². The molecule has 0 unspecified atom stereocenters. The molecule has 2 aromatic heterocycles. The maximum absolute atomic E-state index is 13.2. The number of aryl methyl sites for hydroxylation is 2.